The van der Waals surface area contributed by atoms with Crippen LogP contribution in [0, 0.1) is 0 Å². The van der Waals surface area contributed by atoms with Gasteiger partial charge in [-0.1, -0.05) is 30.0 Å². The smallest absolute Gasteiger partial charge is 0.282 e. The van der Waals surface area contributed by atoms with Crippen molar-refractivity contribution in [3.05, 3.63) is 75.3 Å². The number of hydrogen-bond donors (Lipinski definition) is 0. The lowest BCUT2D eigenvalue weighted by Crippen LogP contribution is -2.17. The molecule has 0 unspecified atom stereocenters. The van der Waals surface area contributed by atoms with E-state index in [1.165, 1.54) is 27.9 Å². The molecule has 0 spiro atoms. The van der Waals surface area contributed by atoms with Crippen LogP contribution in [0.3, 0.4) is 0 Å². The van der Waals surface area contributed by atoms with E-state index in [1.54, 1.807) is 29.3 Å². The zero-order valence-corrected chi connectivity index (χ0v) is 16.6. The second-order valence-electron chi connectivity index (χ2n) is 6.60. The van der Waals surface area contributed by atoms with Gasteiger partial charge in [0.1, 0.15) is 16.9 Å². The van der Waals surface area contributed by atoms with Gasteiger partial charge in [-0.2, -0.15) is 9.78 Å². The number of furan rings is 1. The minimum absolute atomic E-state index is 0.105. The van der Waals surface area contributed by atoms with Gasteiger partial charge in [0.05, 0.1) is 11.6 Å². The molecule has 4 aromatic rings. The Bertz CT molecular complexity index is 1220. The first kappa shape index (κ1) is 17.5. The minimum atomic E-state index is -0.105. The van der Waals surface area contributed by atoms with Crippen molar-refractivity contribution in [1.29, 1.82) is 0 Å². The Balaban J connectivity index is 1.42. The standard InChI is InChI=1S/C21H17N3O2S2/c25-21-19-16-8-4-5-9-17(16)28-20(19)22-13-24(21)23-12-14-10-11-18(26-14)27-15-6-2-1-3-7-15/h1-3,6-7,10-13H,4-5,8-9H2. The summed E-state index contributed by atoms with van der Waals surface area (Å²) >= 11 is 3.19. The number of rotatable bonds is 4. The van der Waals surface area contributed by atoms with Crippen LogP contribution >= 0.6 is 23.1 Å². The third-order valence-electron chi connectivity index (χ3n) is 4.73. The lowest BCUT2D eigenvalue weighted by atomic mass is 9.97. The first-order valence-corrected chi connectivity index (χ1v) is 10.8. The summed E-state index contributed by atoms with van der Waals surface area (Å²) in [6.45, 7) is 0. The molecule has 0 saturated carbocycles. The fourth-order valence-corrected chi connectivity index (χ4v) is 5.42. The van der Waals surface area contributed by atoms with Gasteiger partial charge >= 0.3 is 0 Å². The number of aromatic nitrogens is 2. The van der Waals surface area contributed by atoms with E-state index >= 15 is 0 Å². The maximum Gasteiger partial charge on any atom is 0.282 e. The topological polar surface area (TPSA) is 60.4 Å². The Morgan fingerprint density at radius 3 is 2.89 bits per heavy atom. The zero-order chi connectivity index (χ0) is 18.9. The summed E-state index contributed by atoms with van der Waals surface area (Å²) in [6, 6.07) is 13.8. The summed E-state index contributed by atoms with van der Waals surface area (Å²) in [5.74, 6) is 0.595. The van der Waals surface area contributed by atoms with Gasteiger partial charge in [0.2, 0.25) is 0 Å². The van der Waals surface area contributed by atoms with Crippen LogP contribution in [-0.2, 0) is 12.8 Å². The van der Waals surface area contributed by atoms with E-state index in [0.717, 1.165) is 39.5 Å². The molecule has 28 heavy (non-hydrogen) atoms. The lowest BCUT2D eigenvalue weighted by molar-refractivity contribution is 0.468. The van der Waals surface area contributed by atoms with Crippen LogP contribution in [0.25, 0.3) is 10.2 Å². The lowest BCUT2D eigenvalue weighted by Gasteiger charge is -2.09. The van der Waals surface area contributed by atoms with E-state index in [-0.39, 0.29) is 5.56 Å². The fraction of sp³-hybridized carbons (Fsp3) is 0.190. The van der Waals surface area contributed by atoms with Crippen LogP contribution in [-0.4, -0.2) is 15.9 Å². The van der Waals surface area contributed by atoms with Gasteiger partial charge in [0.25, 0.3) is 5.56 Å². The van der Waals surface area contributed by atoms with Gasteiger partial charge in [-0.15, -0.1) is 11.3 Å². The van der Waals surface area contributed by atoms with Crippen molar-refractivity contribution in [2.45, 2.75) is 35.7 Å². The molecular weight excluding hydrogens is 390 g/mol. The highest BCUT2D eigenvalue weighted by Gasteiger charge is 2.19. The van der Waals surface area contributed by atoms with Gasteiger partial charge in [-0.3, -0.25) is 4.79 Å². The minimum Gasteiger partial charge on any atom is -0.448 e. The molecule has 0 aliphatic heterocycles. The molecule has 5 nitrogen and oxygen atoms in total. The van der Waals surface area contributed by atoms with E-state index in [9.17, 15) is 4.79 Å². The first-order valence-electron chi connectivity index (χ1n) is 9.17. The number of thiophene rings is 1. The van der Waals surface area contributed by atoms with E-state index in [4.69, 9.17) is 4.42 Å². The van der Waals surface area contributed by atoms with E-state index in [0.29, 0.717) is 5.76 Å². The molecule has 0 saturated heterocycles. The van der Waals surface area contributed by atoms with Gasteiger partial charge in [-0.05, 0) is 55.5 Å². The summed E-state index contributed by atoms with van der Waals surface area (Å²) in [7, 11) is 0. The van der Waals surface area contributed by atoms with Crippen molar-refractivity contribution in [2.75, 3.05) is 0 Å². The highest BCUT2D eigenvalue weighted by Crippen LogP contribution is 2.33. The van der Waals surface area contributed by atoms with Crippen molar-refractivity contribution in [1.82, 2.24) is 9.66 Å². The van der Waals surface area contributed by atoms with Crippen molar-refractivity contribution in [3.8, 4) is 0 Å². The van der Waals surface area contributed by atoms with Crippen LogP contribution in [0.2, 0.25) is 0 Å². The highest BCUT2D eigenvalue weighted by molar-refractivity contribution is 7.99. The Kier molecular flexibility index (Phi) is 4.62. The van der Waals surface area contributed by atoms with Crippen LogP contribution in [0.15, 0.2) is 73.1 Å². The molecule has 3 aromatic heterocycles. The quantitative estimate of drug-likeness (QED) is 0.449. The predicted octanol–water partition coefficient (Wildman–Crippen LogP) is 4.96. The third-order valence-corrected chi connectivity index (χ3v) is 6.86. The third kappa shape index (κ3) is 3.31. The molecule has 3 heterocycles. The molecule has 5 rings (SSSR count). The Morgan fingerprint density at radius 2 is 2.00 bits per heavy atom. The normalized spacial score (nSPS) is 14.0. The van der Waals surface area contributed by atoms with Crippen molar-refractivity contribution in [2.24, 2.45) is 5.10 Å². The molecule has 140 valence electrons. The van der Waals surface area contributed by atoms with Crippen LogP contribution in [0.4, 0.5) is 0 Å². The van der Waals surface area contributed by atoms with Crippen LogP contribution in [0.1, 0.15) is 29.0 Å². The predicted molar refractivity (Wildman–Crippen MR) is 113 cm³/mol. The molecule has 0 atom stereocenters. The highest BCUT2D eigenvalue weighted by atomic mass is 32.2. The Labute approximate surface area is 169 Å². The molecule has 0 radical (unpaired) electrons. The SMILES string of the molecule is O=c1c2c3c(sc2ncn1N=Cc1ccc(Sc2ccccc2)o1)CCCC3. The van der Waals surface area contributed by atoms with Gasteiger partial charge in [-0.25, -0.2) is 4.98 Å². The summed E-state index contributed by atoms with van der Waals surface area (Å²) in [6.07, 6.45) is 7.37. The first-order chi connectivity index (χ1) is 13.8. The molecule has 7 heteroatoms. The molecule has 0 fully saturated rings. The molecular formula is C21H17N3O2S2. The van der Waals surface area contributed by atoms with Crippen LogP contribution in [0.5, 0.6) is 0 Å². The van der Waals surface area contributed by atoms with Gasteiger partial charge in [0, 0.05) is 9.77 Å². The largest absolute Gasteiger partial charge is 0.448 e. The Morgan fingerprint density at radius 1 is 1.14 bits per heavy atom. The monoisotopic (exact) mass is 407 g/mol. The average molecular weight is 408 g/mol. The maximum atomic E-state index is 12.9. The van der Waals surface area contributed by atoms with Crippen LogP contribution < -0.4 is 5.56 Å². The molecule has 0 amide bonds. The van der Waals surface area contributed by atoms with Gasteiger partial charge < -0.3 is 4.42 Å². The summed E-state index contributed by atoms with van der Waals surface area (Å²) < 4.78 is 7.09. The molecule has 1 aliphatic carbocycles. The number of fused-ring (bicyclic) bond motifs is 3. The molecule has 0 N–H and O–H groups in total. The van der Waals surface area contributed by atoms with Crippen molar-refractivity contribution in [3.63, 3.8) is 0 Å². The fourth-order valence-electron chi connectivity index (χ4n) is 3.40. The second kappa shape index (κ2) is 7.41. The molecule has 1 aliphatic rings. The van der Waals surface area contributed by atoms with Gasteiger partial charge in [0.15, 0.2) is 5.09 Å². The second-order valence-corrected chi connectivity index (χ2v) is 8.76. The molecule has 1 aromatic carbocycles. The van der Waals surface area contributed by atoms with E-state index in [1.807, 2.05) is 42.5 Å². The Hall–Kier alpha value is -2.64. The summed E-state index contributed by atoms with van der Waals surface area (Å²) in [4.78, 5) is 20.6. The number of hydrogen-bond acceptors (Lipinski definition) is 6. The van der Waals surface area contributed by atoms with E-state index < -0.39 is 0 Å². The molecule has 0 bridgehead atoms. The maximum absolute atomic E-state index is 12.9. The average Bonchev–Trinajstić information content (AvgIpc) is 3.32. The summed E-state index contributed by atoms with van der Waals surface area (Å²) in [5.41, 5.74) is 1.07. The van der Waals surface area contributed by atoms with Crippen molar-refractivity contribution < 1.29 is 4.42 Å². The number of nitrogens with zero attached hydrogens (tertiary/aromatic N) is 3. The zero-order valence-electron chi connectivity index (χ0n) is 15.0. The number of benzene rings is 1. The summed E-state index contributed by atoms with van der Waals surface area (Å²) in [5, 5.41) is 5.81. The van der Waals surface area contributed by atoms with E-state index in [2.05, 4.69) is 10.1 Å². The van der Waals surface area contributed by atoms with Crippen molar-refractivity contribution >= 4 is 39.5 Å². The number of aryl methyl sites for hydroxylation is 2.